The van der Waals surface area contributed by atoms with E-state index in [0.717, 1.165) is 23.7 Å². The van der Waals surface area contributed by atoms with Crippen LogP contribution in [0.3, 0.4) is 0 Å². The first-order chi connectivity index (χ1) is 7.83. The summed E-state index contributed by atoms with van der Waals surface area (Å²) >= 11 is 0. The molecule has 1 fully saturated rings. The first-order valence-electron chi connectivity index (χ1n) is 5.35. The molecule has 5 heteroatoms. The zero-order chi connectivity index (χ0) is 11.0. The van der Waals surface area contributed by atoms with E-state index in [2.05, 4.69) is 15.1 Å². The Morgan fingerprint density at radius 1 is 1.44 bits per heavy atom. The van der Waals surface area contributed by atoms with Crippen LogP contribution in [0.4, 0.5) is 5.69 Å². The van der Waals surface area contributed by atoms with Gasteiger partial charge >= 0.3 is 0 Å². The third-order valence-electron chi connectivity index (χ3n) is 2.72. The maximum absolute atomic E-state index is 5.79. The smallest absolute Gasteiger partial charge is 0.260 e. The highest BCUT2D eigenvalue weighted by molar-refractivity contribution is 5.68. The SMILES string of the molecule is Nc1cnccc1-c1nc(CC2CC2)no1. The van der Waals surface area contributed by atoms with Crippen LogP contribution in [-0.2, 0) is 6.42 Å². The van der Waals surface area contributed by atoms with Gasteiger partial charge in [0.1, 0.15) is 0 Å². The molecule has 1 aliphatic carbocycles. The Bertz CT molecular complexity index is 504. The Kier molecular flexibility index (Phi) is 2.09. The van der Waals surface area contributed by atoms with Gasteiger partial charge in [0.2, 0.25) is 0 Å². The number of anilines is 1. The van der Waals surface area contributed by atoms with Crippen molar-refractivity contribution in [1.29, 1.82) is 0 Å². The summed E-state index contributed by atoms with van der Waals surface area (Å²) in [6.45, 7) is 0. The van der Waals surface area contributed by atoms with Crippen molar-refractivity contribution in [2.75, 3.05) is 5.73 Å². The molecule has 5 nitrogen and oxygen atoms in total. The zero-order valence-electron chi connectivity index (χ0n) is 8.76. The van der Waals surface area contributed by atoms with Crippen molar-refractivity contribution in [3.8, 4) is 11.5 Å². The Morgan fingerprint density at radius 2 is 2.31 bits per heavy atom. The van der Waals surface area contributed by atoms with E-state index in [1.165, 1.54) is 12.8 Å². The van der Waals surface area contributed by atoms with Gasteiger partial charge in [0.25, 0.3) is 5.89 Å². The second-order valence-electron chi connectivity index (χ2n) is 4.13. The molecule has 1 aliphatic rings. The van der Waals surface area contributed by atoms with Gasteiger partial charge in [-0.25, -0.2) is 0 Å². The minimum atomic E-state index is 0.482. The Labute approximate surface area is 92.7 Å². The molecule has 0 aromatic carbocycles. The summed E-state index contributed by atoms with van der Waals surface area (Å²) < 4.78 is 5.19. The molecule has 2 heterocycles. The van der Waals surface area contributed by atoms with Crippen LogP contribution in [0.5, 0.6) is 0 Å². The van der Waals surface area contributed by atoms with Gasteiger partial charge in [-0.2, -0.15) is 4.98 Å². The van der Waals surface area contributed by atoms with Crippen LogP contribution < -0.4 is 5.73 Å². The third kappa shape index (κ3) is 1.76. The molecule has 3 rings (SSSR count). The lowest BCUT2D eigenvalue weighted by atomic mass is 10.2. The molecule has 1 saturated carbocycles. The van der Waals surface area contributed by atoms with E-state index in [1.807, 2.05) is 0 Å². The Hall–Kier alpha value is -1.91. The van der Waals surface area contributed by atoms with E-state index in [0.29, 0.717) is 11.6 Å². The van der Waals surface area contributed by atoms with Crippen molar-refractivity contribution in [2.45, 2.75) is 19.3 Å². The van der Waals surface area contributed by atoms with E-state index in [-0.39, 0.29) is 0 Å². The summed E-state index contributed by atoms with van der Waals surface area (Å²) in [7, 11) is 0. The molecular weight excluding hydrogens is 204 g/mol. The average Bonchev–Trinajstić information content (AvgIpc) is 2.97. The Morgan fingerprint density at radius 3 is 3.06 bits per heavy atom. The lowest BCUT2D eigenvalue weighted by molar-refractivity contribution is 0.421. The molecule has 0 radical (unpaired) electrons. The van der Waals surface area contributed by atoms with Crippen molar-refractivity contribution in [1.82, 2.24) is 15.1 Å². The van der Waals surface area contributed by atoms with E-state index in [1.54, 1.807) is 18.5 Å². The number of aromatic nitrogens is 3. The average molecular weight is 216 g/mol. The van der Waals surface area contributed by atoms with Gasteiger partial charge in [0.05, 0.1) is 17.4 Å². The molecule has 2 aromatic heterocycles. The minimum absolute atomic E-state index is 0.482. The normalized spacial score (nSPS) is 15.2. The standard InChI is InChI=1S/C11H12N4O/c12-9-6-13-4-3-8(9)11-14-10(15-16-11)5-7-1-2-7/h3-4,6-7H,1-2,5,12H2. The largest absolute Gasteiger partial charge is 0.397 e. The summed E-state index contributed by atoms with van der Waals surface area (Å²) in [6.07, 6.45) is 6.72. The van der Waals surface area contributed by atoms with Gasteiger partial charge in [0.15, 0.2) is 5.82 Å². The lowest BCUT2D eigenvalue weighted by Crippen LogP contribution is -1.92. The lowest BCUT2D eigenvalue weighted by Gasteiger charge is -1.97. The van der Waals surface area contributed by atoms with Gasteiger partial charge in [-0.15, -0.1) is 0 Å². The number of hydrogen-bond donors (Lipinski definition) is 1. The highest BCUT2D eigenvalue weighted by Gasteiger charge is 2.24. The molecule has 0 aliphatic heterocycles. The maximum atomic E-state index is 5.79. The van der Waals surface area contributed by atoms with E-state index in [9.17, 15) is 0 Å². The summed E-state index contributed by atoms with van der Waals surface area (Å²) in [5, 5.41) is 3.95. The second kappa shape index (κ2) is 3.59. The molecule has 16 heavy (non-hydrogen) atoms. The predicted octanol–water partition coefficient (Wildman–Crippen LogP) is 1.67. The van der Waals surface area contributed by atoms with Crippen molar-refractivity contribution in [3.63, 3.8) is 0 Å². The number of hydrogen-bond acceptors (Lipinski definition) is 5. The van der Waals surface area contributed by atoms with Crippen LogP contribution in [0, 0.1) is 5.92 Å². The summed E-state index contributed by atoms with van der Waals surface area (Å²) in [5.41, 5.74) is 7.10. The third-order valence-corrected chi connectivity index (χ3v) is 2.72. The van der Waals surface area contributed by atoms with Crippen LogP contribution in [0.2, 0.25) is 0 Å². The molecule has 2 aromatic rings. The molecule has 0 saturated heterocycles. The fourth-order valence-electron chi connectivity index (χ4n) is 1.63. The second-order valence-corrected chi connectivity index (χ2v) is 4.13. The molecule has 0 spiro atoms. The molecular formula is C11H12N4O. The van der Waals surface area contributed by atoms with Gasteiger partial charge < -0.3 is 10.3 Å². The number of nitrogens with two attached hydrogens (primary N) is 1. The first kappa shape index (κ1) is 9.33. The fourth-order valence-corrected chi connectivity index (χ4v) is 1.63. The van der Waals surface area contributed by atoms with Crippen LogP contribution in [0.15, 0.2) is 23.0 Å². The van der Waals surface area contributed by atoms with E-state index >= 15 is 0 Å². The number of pyridine rings is 1. The van der Waals surface area contributed by atoms with Crippen LogP contribution in [-0.4, -0.2) is 15.1 Å². The first-order valence-corrected chi connectivity index (χ1v) is 5.35. The monoisotopic (exact) mass is 216 g/mol. The van der Waals surface area contributed by atoms with Crippen LogP contribution >= 0.6 is 0 Å². The number of nitrogens with zero attached hydrogens (tertiary/aromatic N) is 3. The molecule has 82 valence electrons. The molecule has 0 unspecified atom stereocenters. The van der Waals surface area contributed by atoms with Crippen molar-refractivity contribution in [3.05, 3.63) is 24.3 Å². The molecule has 0 amide bonds. The van der Waals surface area contributed by atoms with Crippen LogP contribution in [0.1, 0.15) is 18.7 Å². The fraction of sp³-hybridized carbons (Fsp3) is 0.364. The summed E-state index contributed by atoms with van der Waals surface area (Å²) in [5.74, 6) is 2.00. The molecule has 0 bridgehead atoms. The van der Waals surface area contributed by atoms with Gasteiger partial charge in [-0.1, -0.05) is 5.16 Å². The molecule has 2 N–H and O–H groups in total. The van der Waals surface area contributed by atoms with Crippen molar-refractivity contribution in [2.24, 2.45) is 5.92 Å². The van der Waals surface area contributed by atoms with Gasteiger partial charge in [-0.05, 0) is 24.8 Å². The van der Waals surface area contributed by atoms with Crippen molar-refractivity contribution < 1.29 is 4.52 Å². The highest BCUT2D eigenvalue weighted by Crippen LogP contribution is 2.32. The maximum Gasteiger partial charge on any atom is 0.260 e. The Balaban J connectivity index is 1.88. The van der Waals surface area contributed by atoms with Gasteiger partial charge in [-0.3, -0.25) is 4.98 Å². The summed E-state index contributed by atoms with van der Waals surface area (Å²) in [6, 6.07) is 1.78. The van der Waals surface area contributed by atoms with Crippen molar-refractivity contribution >= 4 is 5.69 Å². The topological polar surface area (TPSA) is 77.8 Å². The molecule has 0 atom stereocenters. The minimum Gasteiger partial charge on any atom is -0.397 e. The number of nitrogen functional groups attached to an aromatic ring is 1. The van der Waals surface area contributed by atoms with E-state index in [4.69, 9.17) is 10.3 Å². The summed E-state index contributed by atoms with van der Waals surface area (Å²) in [4.78, 5) is 8.26. The van der Waals surface area contributed by atoms with E-state index < -0.39 is 0 Å². The van der Waals surface area contributed by atoms with Gasteiger partial charge in [0, 0.05) is 12.6 Å². The quantitative estimate of drug-likeness (QED) is 0.844. The van der Waals surface area contributed by atoms with Crippen LogP contribution in [0.25, 0.3) is 11.5 Å². The highest BCUT2D eigenvalue weighted by atomic mass is 16.5. The predicted molar refractivity (Wildman–Crippen MR) is 58.4 cm³/mol. The number of rotatable bonds is 3. The zero-order valence-corrected chi connectivity index (χ0v) is 8.76.